The molecule has 0 unspecified atom stereocenters. The topological polar surface area (TPSA) is 71.5 Å². The molecule has 10 rings (SSSR count). The van der Waals surface area contributed by atoms with Gasteiger partial charge < -0.3 is 4.42 Å². The van der Waals surface area contributed by atoms with Gasteiger partial charge in [0.25, 0.3) is 5.82 Å². The Balaban J connectivity index is 0.989. The molecule has 0 atom stereocenters. The van der Waals surface area contributed by atoms with Gasteiger partial charge in [0.15, 0.2) is 28.5 Å². The first-order valence-electron chi connectivity index (χ1n) is 17.7. The average Bonchev–Trinajstić information content (AvgIpc) is 3.78. The molecule has 3 heterocycles. The van der Waals surface area contributed by atoms with Crippen molar-refractivity contribution >= 4 is 33.0 Å². The molecule has 0 fully saturated rings. The summed E-state index contributed by atoms with van der Waals surface area (Å²) >= 11 is 0. The van der Waals surface area contributed by atoms with Gasteiger partial charge >= 0.3 is 0 Å². The molecule has 0 aliphatic rings. The van der Waals surface area contributed by atoms with Gasteiger partial charge in [0.2, 0.25) is 0 Å². The van der Waals surface area contributed by atoms with E-state index in [-0.39, 0.29) is 0 Å². The van der Waals surface area contributed by atoms with Crippen LogP contribution in [-0.2, 0) is 7.05 Å². The molecule has 6 heteroatoms. The number of aromatic nitrogens is 5. The third-order valence-electron chi connectivity index (χ3n) is 9.99. The summed E-state index contributed by atoms with van der Waals surface area (Å²) in [7, 11) is 2.10. The fourth-order valence-corrected chi connectivity index (χ4v) is 7.17. The van der Waals surface area contributed by atoms with Crippen LogP contribution in [0, 0.1) is 0 Å². The van der Waals surface area contributed by atoms with E-state index in [1.807, 2.05) is 54.6 Å². The van der Waals surface area contributed by atoms with E-state index in [4.69, 9.17) is 19.4 Å². The van der Waals surface area contributed by atoms with Gasteiger partial charge in [0.05, 0.1) is 12.6 Å². The lowest BCUT2D eigenvalue weighted by Gasteiger charge is -2.10. The van der Waals surface area contributed by atoms with Crippen molar-refractivity contribution < 1.29 is 8.98 Å². The van der Waals surface area contributed by atoms with E-state index in [0.717, 1.165) is 83.3 Å². The largest absolute Gasteiger partial charge is 0.456 e. The maximum atomic E-state index is 6.05. The maximum Gasteiger partial charge on any atom is 0.287 e. The standard InChI is InChI=1S/C47H31N5O/c1-52-41-29-37(24-26-40(41)48-47(52)35-12-6-3-7-13-35)31-18-22-34(23-19-31)46-50-44(32-10-4-2-5-11-32)49-45(51-46)33-20-16-30(17-21-33)36-25-27-43-39(28-36)38-14-8-9-15-42(38)53-43/h2-29H,1H3/p+1. The molecule has 0 spiro atoms. The number of aromatic amines is 1. The van der Waals surface area contributed by atoms with Crippen molar-refractivity contribution in [1.29, 1.82) is 0 Å². The Morgan fingerprint density at radius 2 is 0.887 bits per heavy atom. The number of rotatable bonds is 6. The molecule has 7 aromatic carbocycles. The zero-order chi connectivity index (χ0) is 35.3. The summed E-state index contributed by atoms with van der Waals surface area (Å²) in [6.07, 6.45) is 0. The van der Waals surface area contributed by atoms with Crippen molar-refractivity contribution in [3.05, 3.63) is 170 Å². The molecule has 53 heavy (non-hydrogen) atoms. The van der Waals surface area contributed by atoms with Crippen LogP contribution in [-0.4, -0.2) is 19.9 Å². The highest BCUT2D eigenvalue weighted by molar-refractivity contribution is 6.06. The fourth-order valence-electron chi connectivity index (χ4n) is 7.17. The minimum atomic E-state index is 0.625. The smallest absolute Gasteiger partial charge is 0.287 e. The quantitative estimate of drug-likeness (QED) is 0.177. The van der Waals surface area contributed by atoms with E-state index in [1.165, 1.54) is 0 Å². The molecule has 0 saturated carbocycles. The summed E-state index contributed by atoms with van der Waals surface area (Å²) in [5.74, 6) is 2.96. The number of H-pyrrole nitrogens is 1. The molecule has 6 nitrogen and oxygen atoms in total. The molecule has 250 valence electrons. The zero-order valence-corrected chi connectivity index (χ0v) is 28.9. The number of benzene rings is 7. The van der Waals surface area contributed by atoms with E-state index < -0.39 is 0 Å². The van der Waals surface area contributed by atoms with Gasteiger partial charge in [-0.05, 0) is 70.8 Å². The predicted molar refractivity (Wildman–Crippen MR) is 213 cm³/mol. The Morgan fingerprint density at radius 1 is 0.415 bits per heavy atom. The summed E-state index contributed by atoms with van der Waals surface area (Å²) in [5.41, 5.74) is 12.4. The van der Waals surface area contributed by atoms with Crippen LogP contribution in [0.4, 0.5) is 0 Å². The molecule has 0 bridgehead atoms. The third-order valence-corrected chi connectivity index (χ3v) is 9.99. The van der Waals surface area contributed by atoms with Crippen LogP contribution >= 0.6 is 0 Å². The summed E-state index contributed by atoms with van der Waals surface area (Å²) in [5, 5.41) is 2.23. The minimum absolute atomic E-state index is 0.625. The maximum absolute atomic E-state index is 6.05. The van der Waals surface area contributed by atoms with Crippen molar-refractivity contribution in [3.63, 3.8) is 0 Å². The molecular weight excluding hydrogens is 651 g/mol. The fraction of sp³-hybridized carbons (Fsp3) is 0.0213. The van der Waals surface area contributed by atoms with Gasteiger partial charge in [-0.25, -0.2) is 24.5 Å². The highest BCUT2D eigenvalue weighted by Gasteiger charge is 2.18. The van der Waals surface area contributed by atoms with E-state index in [1.54, 1.807) is 0 Å². The Morgan fingerprint density at radius 3 is 1.53 bits per heavy atom. The number of furan rings is 1. The summed E-state index contributed by atoms with van der Waals surface area (Å²) < 4.78 is 8.27. The van der Waals surface area contributed by atoms with E-state index in [0.29, 0.717) is 17.5 Å². The van der Waals surface area contributed by atoms with Crippen molar-refractivity contribution in [1.82, 2.24) is 19.9 Å². The van der Waals surface area contributed by atoms with Gasteiger partial charge in [0, 0.05) is 27.5 Å². The van der Waals surface area contributed by atoms with Crippen LogP contribution in [0.2, 0.25) is 0 Å². The van der Waals surface area contributed by atoms with Crippen molar-refractivity contribution in [2.45, 2.75) is 0 Å². The van der Waals surface area contributed by atoms with Crippen LogP contribution in [0.5, 0.6) is 0 Å². The number of aryl methyl sites for hydroxylation is 1. The van der Waals surface area contributed by atoms with Crippen LogP contribution in [0.3, 0.4) is 0 Å². The van der Waals surface area contributed by atoms with E-state index in [2.05, 4.69) is 132 Å². The molecular formula is C47H32N5O+. The monoisotopic (exact) mass is 682 g/mol. The van der Waals surface area contributed by atoms with Gasteiger partial charge in [0.1, 0.15) is 11.2 Å². The molecule has 10 aromatic rings. The van der Waals surface area contributed by atoms with Crippen LogP contribution in [0.15, 0.2) is 174 Å². The van der Waals surface area contributed by atoms with E-state index in [9.17, 15) is 0 Å². The van der Waals surface area contributed by atoms with Crippen molar-refractivity contribution in [2.24, 2.45) is 7.05 Å². The van der Waals surface area contributed by atoms with Gasteiger partial charge in [-0.3, -0.25) is 0 Å². The Kier molecular flexibility index (Phi) is 7.25. The number of hydrogen-bond donors (Lipinski definition) is 1. The number of imidazole rings is 1. The number of hydrogen-bond acceptors (Lipinski definition) is 4. The number of nitrogens with one attached hydrogen (secondary N) is 1. The lowest BCUT2D eigenvalue weighted by atomic mass is 10.0. The van der Waals surface area contributed by atoms with E-state index >= 15 is 0 Å². The second-order valence-corrected chi connectivity index (χ2v) is 13.3. The second kappa shape index (κ2) is 12.5. The summed E-state index contributed by atoms with van der Waals surface area (Å²) in [4.78, 5) is 18.5. The minimum Gasteiger partial charge on any atom is -0.456 e. The SMILES string of the molecule is C[n+]1c(-c2ccccc2)[nH]c2ccc(-c3ccc(-c4nc(-c5ccccc5)nc(-c5ccc(-c6ccc7oc8ccccc8c7c6)cc5)n4)cc3)cc21. The molecule has 0 amide bonds. The van der Waals surface area contributed by atoms with Crippen molar-refractivity contribution in [3.8, 4) is 67.8 Å². The first-order valence-corrected chi connectivity index (χ1v) is 17.7. The number of para-hydroxylation sites is 1. The predicted octanol–water partition coefficient (Wildman–Crippen LogP) is 11.1. The third kappa shape index (κ3) is 5.54. The molecule has 0 aliphatic heterocycles. The first kappa shape index (κ1) is 30.6. The zero-order valence-electron chi connectivity index (χ0n) is 28.9. The highest BCUT2D eigenvalue weighted by atomic mass is 16.3. The van der Waals surface area contributed by atoms with Crippen LogP contribution in [0.25, 0.3) is 101 Å². The second-order valence-electron chi connectivity index (χ2n) is 13.3. The molecule has 1 N–H and O–H groups in total. The number of nitrogens with zero attached hydrogens (tertiary/aromatic N) is 4. The number of fused-ring (bicyclic) bond motifs is 4. The van der Waals surface area contributed by atoms with Crippen molar-refractivity contribution in [2.75, 3.05) is 0 Å². The lowest BCUT2D eigenvalue weighted by molar-refractivity contribution is -0.633. The molecule has 3 aromatic heterocycles. The highest BCUT2D eigenvalue weighted by Crippen LogP contribution is 2.34. The lowest BCUT2D eigenvalue weighted by Crippen LogP contribution is -2.29. The van der Waals surface area contributed by atoms with Gasteiger partial charge in [-0.2, -0.15) is 0 Å². The average molecular weight is 683 g/mol. The molecule has 0 aliphatic carbocycles. The normalized spacial score (nSPS) is 11.5. The summed E-state index contributed by atoms with van der Waals surface area (Å²) in [6.45, 7) is 0. The Bertz CT molecular complexity index is 2930. The Labute approximate surface area is 305 Å². The molecule has 0 saturated heterocycles. The molecule has 0 radical (unpaired) electrons. The van der Waals surface area contributed by atoms with Crippen LogP contribution < -0.4 is 4.57 Å². The van der Waals surface area contributed by atoms with Gasteiger partial charge in [-0.1, -0.05) is 121 Å². The van der Waals surface area contributed by atoms with Crippen LogP contribution in [0.1, 0.15) is 0 Å². The first-order chi connectivity index (χ1) is 26.1. The Hall–Kier alpha value is -7.18. The summed E-state index contributed by atoms with van der Waals surface area (Å²) in [6, 6.07) is 58.5. The van der Waals surface area contributed by atoms with Gasteiger partial charge in [-0.15, -0.1) is 0 Å².